The van der Waals surface area contributed by atoms with Crippen molar-refractivity contribution in [3.8, 4) is 0 Å². The third kappa shape index (κ3) is 3.70. The molecule has 0 saturated carbocycles. The van der Waals surface area contributed by atoms with Crippen LogP contribution in [0.15, 0.2) is 24.4 Å². The minimum Gasteiger partial charge on any atom is -0.355 e. The molecule has 18 heavy (non-hydrogen) atoms. The van der Waals surface area contributed by atoms with E-state index < -0.39 is 0 Å². The average Bonchev–Trinajstić information content (AvgIpc) is 2.40. The summed E-state index contributed by atoms with van der Waals surface area (Å²) in [5.41, 5.74) is 0. The van der Waals surface area contributed by atoms with Crippen molar-refractivity contribution < 1.29 is 4.79 Å². The van der Waals surface area contributed by atoms with Crippen molar-refractivity contribution in [1.82, 2.24) is 15.2 Å². The summed E-state index contributed by atoms with van der Waals surface area (Å²) in [5.74, 6) is 1.10. The van der Waals surface area contributed by atoms with Crippen molar-refractivity contribution in [2.24, 2.45) is 0 Å². The molecule has 1 saturated heterocycles. The van der Waals surface area contributed by atoms with Crippen LogP contribution in [-0.2, 0) is 4.79 Å². The third-order valence-corrected chi connectivity index (χ3v) is 3.15. The number of rotatable bonds is 4. The molecule has 0 spiro atoms. The Kier molecular flexibility index (Phi) is 4.52. The average molecular weight is 248 g/mol. The third-order valence-electron chi connectivity index (χ3n) is 3.15. The van der Waals surface area contributed by atoms with Gasteiger partial charge >= 0.3 is 0 Å². The van der Waals surface area contributed by atoms with Crippen LogP contribution >= 0.6 is 0 Å². The largest absolute Gasteiger partial charge is 0.355 e. The standard InChI is InChI=1S/C13H20N4O/c1-12(18)14-6-7-16-8-10-17(11-9-16)13-4-2-3-5-15-13/h2-5H,6-11H2,1H3,(H,14,18). The van der Waals surface area contributed by atoms with Gasteiger partial charge in [0.2, 0.25) is 5.91 Å². The number of anilines is 1. The van der Waals surface area contributed by atoms with E-state index in [2.05, 4.69) is 20.1 Å². The van der Waals surface area contributed by atoms with E-state index >= 15 is 0 Å². The molecule has 0 aliphatic carbocycles. The lowest BCUT2D eigenvalue weighted by molar-refractivity contribution is -0.119. The summed E-state index contributed by atoms with van der Waals surface area (Å²) in [4.78, 5) is 19.8. The number of piperazine rings is 1. The molecular formula is C13H20N4O. The first kappa shape index (κ1) is 12.8. The molecule has 5 heteroatoms. The Hall–Kier alpha value is -1.62. The maximum atomic E-state index is 10.8. The van der Waals surface area contributed by atoms with Crippen molar-refractivity contribution in [2.75, 3.05) is 44.2 Å². The number of hydrogen-bond donors (Lipinski definition) is 1. The first-order valence-electron chi connectivity index (χ1n) is 6.38. The predicted octanol–water partition coefficient (Wildman–Crippen LogP) is 0.340. The Balaban J connectivity index is 1.73. The predicted molar refractivity (Wildman–Crippen MR) is 71.6 cm³/mol. The Labute approximate surface area is 108 Å². The topological polar surface area (TPSA) is 48.5 Å². The molecule has 0 atom stereocenters. The number of amides is 1. The molecule has 2 rings (SSSR count). The van der Waals surface area contributed by atoms with E-state index in [0.29, 0.717) is 0 Å². The fraction of sp³-hybridized carbons (Fsp3) is 0.538. The lowest BCUT2D eigenvalue weighted by Gasteiger charge is -2.35. The summed E-state index contributed by atoms with van der Waals surface area (Å²) in [6, 6.07) is 6.01. The molecule has 2 heterocycles. The van der Waals surface area contributed by atoms with Crippen LogP contribution in [0.4, 0.5) is 5.82 Å². The zero-order valence-electron chi connectivity index (χ0n) is 10.8. The van der Waals surface area contributed by atoms with Gasteiger partial charge in [0.25, 0.3) is 0 Å². The number of aromatic nitrogens is 1. The van der Waals surface area contributed by atoms with Gasteiger partial charge in [-0.15, -0.1) is 0 Å². The highest BCUT2D eigenvalue weighted by Crippen LogP contribution is 2.11. The highest BCUT2D eigenvalue weighted by Gasteiger charge is 2.17. The zero-order chi connectivity index (χ0) is 12.8. The lowest BCUT2D eigenvalue weighted by Crippen LogP contribution is -2.48. The van der Waals surface area contributed by atoms with Gasteiger partial charge in [-0.3, -0.25) is 9.69 Å². The second-order valence-corrected chi connectivity index (χ2v) is 4.50. The van der Waals surface area contributed by atoms with E-state index in [0.717, 1.165) is 45.1 Å². The smallest absolute Gasteiger partial charge is 0.216 e. The van der Waals surface area contributed by atoms with E-state index in [4.69, 9.17) is 0 Å². The van der Waals surface area contributed by atoms with Crippen LogP contribution in [0.5, 0.6) is 0 Å². The van der Waals surface area contributed by atoms with Crippen molar-refractivity contribution in [3.05, 3.63) is 24.4 Å². The molecule has 0 radical (unpaired) electrons. The molecule has 1 aromatic heterocycles. The van der Waals surface area contributed by atoms with Gasteiger partial charge in [-0.2, -0.15) is 0 Å². The van der Waals surface area contributed by atoms with Crippen LogP contribution in [-0.4, -0.2) is 55.1 Å². The van der Waals surface area contributed by atoms with E-state index in [-0.39, 0.29) is 5.91 Å². The van der Waals surface area contributed by atoms with E-state index in [1.165, 1.54) is 0 Å². The minimum atomic E-state index is 0.0436. The van der Waals surface area contributed by atoms with Gasteiger partial charge in [-0.05, 0) is 12.1 Å². The van der Waals surface area contributed by atoms with Gasteiger partial charge in [-0.1, -0.05) is 6.07 Å². The highest BCUT2D eigenvalue weighted by molar-refractivity contribution is 5.72. The van der Waals surface area contributed by atoms with Crippen LogP contribution < -0.4 is 10.2 Å². The summed E-state index contributed by atoms with van der Waals surface area (Å²) in [7, 11) is 0. The minimum absolute atomic E-state index is 0.0436. The van der Waals surface area contributed by atoms with Gasteiger partial charge in [0, 0.05) is 52.4 Å². The monoisotopic (exact) mass is 248 g/mol. The van der Waals surface area contributed by atoms with Crippen molar-refractivity contribution in [2.45, 2.75) is 6.92 Å². The summed E-state index contributed by atoms with van der Waals surface area (Å²) < 4.78 is 0. The van der Waals surface area contributed by atoms with Gasteiger partial charge in [0.05, 0.1) is 0 Å². The molecule has 0 bridgehead atoms. The van der Waals surface area contributed by atoms with Gasteiger partial charge in [0.15, 0.2) is 0 Å². The number of hydrogen-bond acceptors (Lipinski definition) is 4. The number of carbonyl (C=O) groups excluding carboxylic acids is 1. The van der Waals surface area contributed by atoms with Gasteiger partial charge in [-0.25, -0.2) is 4.98 Å². The molecule has 0 unspecified atom stereocenters. The Morgan fingerprint density at radius 2 is 2.11 bits per heavy atom. The second kappa shape index (κ2) is 6.35. The fourth-order valence-electron chi connectivity index (χ4n) is 2.13. The molecule has 1 aromatic rings. The first-order valence-corrected chi connectivity index (χ1v) is 6.38. The number of carbonyl (C=O) groups is 1. The normalized spacial score (nSPS) is 16.6. The Morgan fingerprint density at radius 3 is 2.72 bits per heavy atom. The molecule has 0 aromatic carbocycles. The van der Waals surface area contributed by atoms with Crippen LogP contribution in [0.2, 0.25) is 0 Å². The molecule has 1 aliphatic rings. The Morgan fingerprint density at radius 1 is 1.33 bits per heavy atom. The molecule has 1 amide bonds. The molecule has 5 nitrogen and oxygen atoms in total. The zero-order valence-corrected chi connectivity index (χ0v) is 10.8. The summed E-state index contributed by atoms with van der Waals surface area (Å²) in [6.07, 6.45) is 1.83. The van der Waals surface area contributed by atoms with E-state index in [1.54, 1.807) is 6.92 Å². The summed E-state index contributed by atoms with van der Waals surface area (Å²) in [6.45, 7) is 7.26. The molecule has 1 N–H and O–H groups in total. The maximum Gasteiger partial charge on any atom is 0.216 e. The van der Waals surface area contributed by atoms with E-state index in [1.807, 2.05) is 24.4 Å². The highest BCUT2D eigenvalue weighted by atomic mass is 16.1. The quantitative estimate of drug-likeness (QED) is 0.835. The second-order valence-electron chi connectivity index (χ2n) is 4.50. The lowest BCUT2D eigenvalue weighted by atomic mass is 10.3. The molecule has 1 fully saturated rings. The van der Waals surface area contributed by atoms with Crippen molar-refractivity contribution in [1.29, 1.82) is 0 Å². The fourth-order valence-corrected chi connectivity index (χ4v) is 2.13. The molecule has 98 valence electrons. The van der Waals surface area contributed by atoms with Crippen LogP contribution in [0, 0.1) is 0 Å². The van der Waals surface area contributed by atoms with Crippen molar-refractivity contribution in [3.63, 3.8) is 0 Å². The van der Waals surface area contributed by atoms with Crippen LogP contribution in [0.3, 0.4) is 0 Å². The van der Waals surface area contributed by atoms with Crippen LogP contribution in [0.1, 0.15) is 6.92 Å². The first-order chi connectivity index (χ1) is 8.75. The molecular weight excluding hydrogens is 228 g/mol. The van der Waals surface area contributed by atoms with E-state index in [9.17, 15) is 4.79 Å². The molecule has 1 aliphatic heterocycles. The van der Waals surface area contributed by atoms with Gasteiger partial charge < -0.3 is 10.2 Å². The Bertz CT molecular complexity index is 374. The maximum absolute atomic E-state index is 10.8. The van der Waals surface area contributed by atoms with Gasteiger partial charge in [0.1, 0.15) is 5.82 Å². The number of nitrogens with one attached hydrogen (secondary N) is 1. The number of pyridine rings is 1. The summed E-state index contributed by atoms with van der Waals surface area (Å²) >= 11 is 0. The van der Waals surface area contributed by atoms with Crippen LogP contribution in [0.25, 0.3) is 0 Å². The number of nitrogens with zero attached hydrogens (tertiary/aromatic N) is 3. The summed E-state index contributed by atoms with van der Waals surface area (Å²) in [5, 5.41) is 2.83. The van der Waals surface area contributed by atoms with Crippen molar-refractivity contribution >= 4 is 11.7 Å². The SMILES string of the molecule is CC(=O)NCCN1CCN(c2ccccn2)CC1.